The molecule has 6 heteroatoms. The minimum absolute atomic E-state index is 0.00697. The number of carbonyl (C=O) groups is 2. The van der Waals surface area contributed by atoms with E-state index in [4.69, 9.17) is 5.73 Å². The van der Waals surface area contributed by atoms with E-state index in [1.54, 1.807) is 0 Å². The minimum atomic E-state index is -0.894. The highest BCUT2D eigenvalue weighted by Gasteiger charge is 2.30. The normalized spacial score (nSPS) is 13.6. The maximum atomic E-state index is 14.6. The maximum absolute atomic E-state index is 14.6. The van der Waals surface area contributed by atoms with Crippen LogP contribution in [0.4, 0.5) is 14.5 Å². The van der Waals surface area contributed by atoms with Crippen molar-refractivity contribution in [2.45, 2.75) is 12.8 Å². The lowest BCUT2D eigenvalue weighted by atomic mass is 10.1. The molecule has 2 N–H and O–H groups in total. The van der Waals surface area contributed by atoms with Crippen molar-refractivity contribution in [2.75, 3.05) is 11.4 Å². The fourth-order valence-corrected chi connectivity index (χ4v) is 2.52. The zero-order valence-electron chi connectivity index (χ0n) is 12.8. The summed E-state index contributed by atoms with van der Waals surface area (Å²) in [5, 5.41) is 0. The summed E-state index contributed by atoms with van der Waals surface area (Å²) in [6, 6.07) is 9.26. The number of nitrogens with two attached hydrogens (primary N) is 1. The van der Waals surface area contributed by atoms with Crippen LogP contribution in [-0.2, 0) is 0 Å². The molecule has 0 aliphatic heterocycles. The molecule has 0 saturated heterocycles. The molecule has 3 rings (SSSR count). The van der Waals surface area contributed by atoms with Crippen molar-refractivity contribution in [2.24, 2.45) is 11.7 Å². The van der Waals surface area contributed by atoms with Gasteiger partial charge in [0, 0.05) is 12.1 Å². The third-order valence-corrected chi connectivity index (χ3v) is 4.01. The Morgan fingerprint density at radius 3 is 2.33 bits per heavy atom. The van der Waals surface area contributed by atoms with Gasteiger partial charge in [0.15, 0.2) is 5.82 Å². The van der Waals surface area contributed by atoms with Crippen molar-refractivity contribution in [3.05, 3.63) is 65.2 Å². The monoisotopic (exact) mass is 330 g/mol. The zero-order chi connectivity index (χ0) is 17.3. The molecule has 1 aliphatic rings. The summed E-state index contributed by atoms with van der Waals surface area (Å²) in [5.41, 5.74) is 5.17. The first-order chi connectivity index (χ1) is 11.5. The minimum Gasteiger partial charge on any atom is -0.366 e. The van der Waals surface area contributed by atoms with E-state index < -0.39 is 23.4 Å². The van der Waals surface area contributed by atoms with Crippen LogP contribution >= 0.6 is 0 Å². The fourth-order valence-electron chi connectivity index (χ4n) is 2.52. The number of carbonyl (C=O) groups excluding carboxylic acids is 2. The molecular weight excluding hydrogens is 314 g/mol. The lowest BCUT2D eigenvalue weighted by molar-refractivity contribution is 0.0976. The number of halogens is 2. The summed E-state index contributed by atoms with van der Waals surface area (Å²) >= 11 is 0. The van der Waals surface area contributed by atoms with E-state index >= 15 is 0 Å². The Morgan fingerprint density at radius 1 is 1.08 bits per heavy atom. The Bertz CT molecular complexity index is 786. The molecule has 1 saturated carbocycles. The number of hydrogen-bond acceptors (Lipinski definition) is 2. The topological polar surface area (TPSA) is 63.4 Å². The van der Waals surface area contributed by atoms with Crippen LogP contribution in [0.3, 0.4) is 0 Å². The molecule has 4 nitrogen and oxygen atoms in total. The Labute approximate surface area is 137 Å². The lowest BCUT2D eigenvalue weighted by Crippen LogP contribution is -2.34. The summed E-state index contributed by atoms with van der Waals surface area (Å²) in [6.07, 6.45) is 1.93. The Hall–Kier alpha value is -2.76. The van der Waals surface area contributed by atoms with E-state index in [-0.39, 0.29) is 16.8 Å². The van der Waals surface area contributed by atoms with Crippen molar-refractivity contribution in [3.8, 4) is 0 Å². The van der Waals surface area contributed by atoms with Crippen LogP contribution in [0.5, 0.6) is 0 Å². The van der Waals surface area contributed by atoms with E-state index in [2.05, 4.69) is 0 Å². The molecule has 1 fully saturated rings. The molecule has 0 radical (unpaired) electrons. The summed E-state index contributed by atoms with van der Waals surface area (Å²) in [4.78, 5) is 25.4. The Morgan fingerprint density at radius 2 is 1.75 bits per heavy atom. The largest absolute Gasteiger partial charge is 0.366 e. The van der Waals surface area contributed by atoms with Crippen LogP contribution in [0.25, 0.3) is 0 Å². The molecule has 0 spiro atoms. The third kappa shape index (κ3) is 3.27. The number of anilines is 1. The molecule has 2 aromatic carbocycles. The number of nitrogens with zero attached hydrogens (tertiary/aromatic N) is 1. The lowest BCUT2D eigenvalue weighted by Gasteiger charge is -2.24. The second kappa shape index (κ2) is 6.39. The van der Waals surface area contributed by atoms with Crippen molar-refractivity contribution in [3.63, 3.8) is 0 Å². The van der Waals surface area contributed by atoms with Crippen LogP contribution in [0.15, 0.2) is 42.5 Å². The molecule has 0 atom stereocenters. The molecule has 0 aromatic heterocycles. The Balaban J connectivity index is 2.00. The standard InChI is InChI=1S/C18H16F2N2O2/c19-13-8-6-12(7-9-13)18(24)22(10-11-4-5-11)15-3-1-2-14(16(15)20)17(21)23/h1-3,6-9,11H,4-5,10H2,(H2,21,23). The third-order valence-electron chi connectivity index (χ3n) is 4.01. The SMILES string of the molecule is NC(=O)c1cccc(N(CC2CC2)C(=O)c2ccc(F)cc2)c1F. The molecule has 2 amide bonds. The molecular formula is C18H16F2N2O2. The first-order valence-corrected chi connectivity index (χ1v) is 7.63. The molecule has 0 bridgehead atoms. The van der Waals surface area contributed by atoms with E-state index in [1.165, 1.54) is 47.4 Å². The number of rotatable bonds is 5. The van der Waals surface area contributed by atoms with Crippen LogP contribution in [0.1, 0.15) is 33.6 Å². The fraction of sp³-hybridized carbons (Fsp3) is 0.222. The first kappa shape index (κ1) is 16.1. The van der Waals surface area contributed by atoms with Gasteiger partial charge in [0.2, 0.25) is 0 Å². The number of benzene rings is 2. The molecule has 124 valence electrons. The Kier molecular flexibility index (Phi) is 4.29. The molecule has 24 heavy (non-hydrogen) atoms. The average molecular weight is 330 g/mol. The summed E-state index contributed by atoms with van der Waals surface area (Å²) in [7, 11) is 0. The maximum Gasteiger partial charge on any atom is 0.258 e. The highest BCUT2D eigenvalue weighted by molar-refractivity contribution is 6.07. The second-order valence-electron chi connectivity index (χ2n) is 5.87. The van der Waals surface area contributed by atoms with Gasteiger partial charge in [-0.3, -0.25) is 9.59 Å². The summed E-state index contributed by atoms with van der Waals surface area (Å²) < 4.78 is 27.7. The number of hydrogen-bond donors (Lipinski definition) is 1. The van der Waals surface area contributed by atoms with Gasteiger partial charge in [0.05, 0.1) is 11.3 Å². The van der Waals surface area contributed by atoms with Crippen molar-refractivity contribution in [1.29, 1.82) is 0 Å². The average Bonchev–Trinajstić information content (AvgIpc) is 3.37. The van der Waals surface area contributed by atoms with E-state index in [9.17, 15) is 18.4 Å². The van der Waals surface area contributed by atoms with Gasteiger partial charge in [-0.2, -0.15) is 0 Å². The van der Waals surface area contributed by atoms with Gasteiger partial charge in [0.1, 0.15) is 5.82 Å². The number of amides is 2. The van der Waals surface area contributed by atoms with Crippen LogP contribution in [0.2, 0.25) is 0 Å². The van der Waals surface area contributed by atoms with Crippen molar-refractivity contribution >= 4 is 17.5 Å². The van der Waals surface area contributed by atoms with Gasteiger partial charge in [-0.05, 0) is 55.2 Å². The molecule has 0 heterocycles. The summed E-state index contributed by atoms with van der Waals surface area (Å²) in [6.45, 7) is 0.343. The molecule has 1 aliphatic carbocycles. The van der Waals surface area contributed by atoms with Gasteiger partial charge in [-0.25, -0.2) is 8.78 Å². The smallest absolute Gasteiger partial charge is 0.258 e. The second-order valence-corrected chi connectivity index (χ2v) is 5.87. The van der Waals surface area contributed by atoms with Gasteiger partial charge in [0.25, 0.3) is 11.8 Å². The van der Waals surface area contributed by atoms with E-state index in [0.29, 0.717) is 12.5 Å². The zero-order valence-corrected chi connectivity index (χ0v) is 12.8. The first-order valence-electron chi connectivity index (χ1n) is 7.63. The predicted octanol–water partition coefficient (Wildman–Crippen LogP) is 3.12. The number of primary amides is 1. The van der Waals surface area contributed by atoms with Crippen molar-refractivity contribution < 1.29 is 18.4 Å². The van der Waals surface area contributed by atoms with Gasteiger partial charge in [-0.1, -0.05) is 6.07 Å². The predicted molar refractivity (Wildman–Crippen MR) is 85.7 cm³/mol. The molecule has 2 aromatic rings. The van der Waals surface area contributed by atoms with Gasteiger partial charge < -0.3 is 10.6 Å². The van der Waals surface area contributed by atoms with E-state index in [0.717, 1.165) is 12.8 Å². The van der Waals surface area contributed by atoms with Crippen LogP contribution in [-0.4, -0.2) is 18.4 Å². The van der Waals surface area contributed by atoms with Gasteiger partial charge in [-0.15, -0.1) is 0 Å². The summed E-state index contributed by atoms with van der Waals surface area (Å²) in [5.74, 6) is -2.31. The highest BCUT2D eigenvalue weighted by Crippen LogP contribution is 2.33. The highest BCUT2D eigenvalue weighted by atomic mass is 19.1. The quantitative estimate of drug-likeness (QED) is 0.915. The van der Waals surface area contributed by atoms with Crippen LogP contribution in [0, 0.1) is 17.6 Å². The van der Waals surface area contributed by atoms with E-state index in [1.807, 2.05) is 0 Å². The van der Waals surface area contributed by atoms with Crippen molar-refractivity contribution in [1.82, 2.24) is 0 Å². The molecule has 0 unspecified atom stereocenters. The van der Waals surface area contributed by atoms with Gasteiger partial charge >= 0.3 is 0 Å². The van der Waals surface area contributed by atoms with Crippen LogP contribution < -0.4 is 10.6 Å².